The summed E-state index contributed by atoms with van der Waals surface area (Å²) in [6.07, 6.45) is 0. The third-order valence-corrected chi connectivity index (χ3v) is 3.15. The van der Waals surface area contributed by atoms with E-state index < -0.39 is 10.7 Å². The second-order valence-corrected chi connectivity index (χ2v) is 4.92. The van der Waals surface area contributed by atoms with E-state index in [0.29, 0.717) is 11.4 Å². The molecule has 0 aliphatic carbocycles. The van der Waals surface area contributed by atoms with E-state index in [2.05, 4.69) is 21.2 Å². The number of benzene rings is 2. The van der Waals surface area contributed by atoms with Crippen LogP contribution in [-0.2, 0) is 0 Å². The maximum atomic E-state index is 13.3. The summed E-state index contributed by atoms with van der Waals surface area (Å²) in [7, 11) is 0. The number of halogens is 2. The molecule has 0 unspecified atom stereocenters. The summed E-state index contributed by atoms with van der Waals surface area (Å²) in [5.74, 6) is -0.653. The second kappa shape index (κ2) is 5.36. The Morgan fingerprint density at radius 2 is 2.00 bits per heavy atom. The van der Waals surface area contributed by atoms with E-state index in [1.54, 1.807) is 0 Å². The van der Waals surface area contributed by atoms with Crippen molar-refractivity contribution in [3.63, 3.8) is 0 Å². The summed E-state index contributed by atoms with van der Waals surface area (Å²) < 4.78 is 14.1. The average Bonchev–Trinajstić information content (AvgIpc) is 2.32. The van der Waals surface area contributed by atoms with Gasteiger partial charge in [0.15, 0.2) is 0 Å². The van der Waals surface area contributed by atoms with Gasteiger partial charge in [-0.25, -0.2) is 4.39 Å². The number of nitro groups is 1. The van der Waals surface area contributed by atoms with E-state index in [4.69, 9.17) is 0 Å². The summed E-state index contributed by atoms with van der Waals surface area (Å²) in [4.78, 5) is 10.0. The van der Waals surface area contributed by atoms with E-state index in [1.165, 1.54) is 12.1 Å². The van der Waals surface area contributed by atoms with Gasteiger partial charge in [0.1, 0.15) is 5.82 Å². The largest absolute Gasteiger partial charge is 0.354 e. The number of nitro benzene ring substituents is 1. The molecule has 0 radical (unpaired) electrons. The van der Waals surface area contributed by atoms with Gasteiger partial charge in [0, 0.05) is 16.2 Å². The van der Waals surface area contributed by atoms with Crippen LogP contribution in [0.2, 0.25) is 0 Å². The molecule has 0 atom stereocenters. The molecule has 98 valence electrons. The van der Waals surface area contributed by atoms with Crippen molar-refractivity contribution in [2.24, 2.45) is 0 Å². The standard InChI is InChI=1S/C13H10BrFN2O2/c1-8-2-3-13(12(14)4-8)16-10-5-9(15)6-11(7-10)17(18)19/h2-7,16H,1H3. The van der Waals surface area contributed by atoms with Gasteiger partial charge < -0.3 is 5.32 Å². The van der Waals surface area contributed by atoms with Crippen molar-refractivity contribution >= 4 is 33.0 Å². The Morgan fingerprint density at radius 3 is 2.63 bits per heavy atom. The molecule has 1 N–H and O–H groups in total. The van der Waals surface area contributed by atoms with Crippen LogP contribution in [-0.4, -0.2) is 4.92 Å². The van der Waals surface area contributed by atoms with Crippen LogP contribution in [0.15, 0.2) is 40.9 Å². The Hall–Kier alpha value is -1.95. The third-order valence-electron chi connectivity index (χ3n) is 2.50. The van der Waals surface area contributed by atoms with Gasteiger partial charge >= 0.3 is 0 Å². The molecular weight excluding hydrogens is 315 g/mol. The number of hydrogen-bond acceptors (Lipinski definition) is 3. The number of aryl methyl sites for hydroxylation is 1. The van der Waals surface area contributed by atoms with Gasteiger partial charge in [-0.1, -0.05) is 6.07 Å². The quantitative estimate of drug-likeness (QED) is 0.665. The van der Waals surface area contributed by atoms with Crippen LogP contribution in [0.3, 0.4) is 0 Å². The van der Waals surface area contributed by atoms with Crippen LogP contribution >= 0.6 is 15.9 Å². The van der Waals surface area contributed by atoms with E-state index >= 15 is 0 Å². The van der Waals surface area contributed by atoms with Gasteiger partial charge in [-0.05, 0) is 46.6 Å². The molecule has 0 aliphatic heterocycles. The normalized spacial score (nSPS) is 10.3. The predicted molar refractivity (Wildman–Crippen MR) is 75.2 cm³/mol. The first-order valence-electron chi connectivity index (χ1n) is 5.44. The number of anilines is 2. The minimum Gasteiger partial charge on any atom is -0.354 e. The van der Waals surface area contributed by atoms with Gasteiger partial charge in [0.25, 0.3) is 5.69 Å². The molecule has 0 saturated carbocycles. The summed E-state index contributed by atoms with van der Waals surface area (Å²) >= 11 is 3.38. The minimum atomic E-state index is -0.653. The van der Waals surface area contributed by atoms with Crippen LogP contribution in [0.5, 0.6) is 0 Å². The highest BCUT2D eigenvalue weighted by Crippen LogP contribution is 2.28. The molecular formula is C13H10BrFN2O2. The summed E-state index contributed by atoms with van der Waals surface area (Å²) in [6, 6.07) is 8.98. The monoisotopic (exact) mass is 324 g/mol. The first-order chi connectivity index (χ1) is 8.95. The Balaban J connectivity index is 2.35. The fraction of sp³-hybridized carbons (Fsp3) is 0.0769. The fourth-order valence-electron chi connectivity index (χ4n) is 1.63. The smallest absolute Gasteiger partial charge is 0.274 e. The van der Waals surface area contributed by atoms with E-state index in [-0.39, 0.29) is 5.69 Å². The Kier molecular flexibility index (Phi) is 3.80. The van der Waals surface area contributed by atoms with E-state index in [0.717, 1.165) is 16.1 Å². The second-order valence-electron chi connectivity index (χ2n) is 4.06. The average molecular weight is 325 g/mol. The number of nitrogens with zero attached hydrogens (tertiary/aromatic N) is 1. The van der Waals surface area contributed by atoms with Crippen molar-refractivity contribution in [3.05, 3.63) is 62.4 Å². The van der Waals surface area contributed by atoms with Gasteiger partial charge in [0.05, 0.1) is 16.7 Å². The van der Waals surface area contributed by atoms with Crippen LogP contribution in [0.25, 0.3) is 0 Å². The van der Waals surface area contributed by atoms with Gasteiger partial charge in [-0.3, -0.25) is 10.1 Å². The zero-order valence-electron chi connectivity index (χ0n) is 9.98. The Morgan fingerprint density at radius 1 is 1.26 bits per heavy atom. The third kappa shape index (κ3) is 3.29. The topological polar surface area (TPSA) is 55.2 Å². The van der Waals surface area contributed by atoms with Crippen LogP contribution in [0.1, 0.15) is 5.56 Å². The van der Waals surface area contributed by atoms with Crippen molar-refractivity contribution in [1.82, 2.24) is 0 Å². The first-order valence-corrected chi connectivity index (χ1v) is 6.23. The van der Waals surface area contributed by atoms with Gasteiger partial charge in [-0.2, -0.15) is 0 Å². The van der Waals surface area contributed by atoms with Gasteiger partial charge in [0.2, 0.25) is 0 Å². The van der Waals surface area contributed by atoms with Crippen molar-refractivity contribution in [1.29, 1.82) is 0 Å². The molecule has 0 aromatic heterocycles. The molecule has 0 spiro atoms. The minimum absolute atomic E-state index is 0.286. The number of rotatable bonds is 3. The molecule has 2 aromatic carbocycles. The lowest BCUT2D eigenvalue weighted by Gasteiger charge is -2.09. The first kappa shape index (κ1) is 13.5. The molecule has 0 aliphatic rings. The Bertz CT molecular complexity index is 647. The summed E-state index contributed by atoms with van der Waals surface area (Å²) in [6.45, 7) is 1.95. The SMILES string of the molecule is Cc1ccc(Nc2cc(F)cc([N+](=O)[O-])c2)c(Br)c1. The number of hydrogen-bond donors (Lipinski definition) is 1. The lowest BCUT2D eigenvalue weighted by Crippen LogP contribution is -1.95. The van der Waals surface area contributed by atoms with Crippen LogP contribution < -0.4 is 5.32 Å². The van der Waals surface area contributed by atoms with E-state index in [1.807, 2.05) is 25.1 Å². The molecule has 2 aromatic rings. The molecule has 0 bridgehead atoms. The Labute approximate surface area is 117 Å². The van der Waals surface area contributed by atoms with E-state index in [9.17, 15) is 14.5 Å². The van der Waals surface area contributed by atoms with Gasteiger partial charge in [-0.15, -0.1) is 0 Å². The summed E-state index contributed by atoms with van der Waals surface area (Å²) in [5.41, 5.74) is 1.83. The molecule has 4 nitrogen and oxygen atoms in total. The highest BCUT2D eigenvalue weighted by molar-refractivity contribution is 9.10. The predicted octanol–water partition coefficient (Wildman–Crippen LogP) is 4.55. The molecule has 0 saturated heterocycles. The van der Waals surface area contributed by atoms with Crippen molar-refractivity contribution in [3.8, 4) is 0 Å². The summed E-state index contributed by atoms with van der Waals surface area (Å²) in [5, 5.41) is 13.6. The maximum absolute atomic E-state index is 13.3. The number of nitrogens with one attached hydrogen (secondary N) is 1. The molecule has 0 heterocycles. The maximum Gasteiger partial charge on any atom is 0.274 e. The molecule has 6 heteroatoms. The lowest BCUT2D eigenvalue weighted by atomic mass is 10.2. The molecule has 0 fully saturated rings. The van der Waals surface area contributed by atoms with Crippen molar-refractivity contribution in [2.75, 3.05) is 5.32 Å². The van der Waals surface area contributed by atoms with Crippen molar-refractivity contribution in [2.45, 2.75) is 6.92 Å². The molecule has 19 heavy (non-hydrogen) atoms. The highest BCUT2D eigenvalue weighted by Gasteiger charge is 2.10. The lowest BCUT2D eigenvalue weighted by molar-refractivity contribution is -0.385. The van der Waals surface area contributed by atoms with Crippen molar-refractivity contribution < 1.29 is 9.31 Å². The van der Waals surface area contributed by atoms with Crippen LogP contribution in [0, 0.1) is 22.9 Å². The fourth-order valence-corrected chi connectivity index (χ4v) is 2.22. The van der Waals surface area contributed by atoms with Crippen LogP contribution in [0.4, 0.5) is 21.5 Å². The highest BCUT2D eigenvalue weighted by atomic mass is 79.9. The zero-order chi connectivity index (χ0) is 14.0. The molecule has 0 amide bonds. The zero-order valence-corrected chi connectivity index (χ0v) is 11.6. The molecule has 2 rings (SSSR count). The number of non-ortho nitro benzene ring substituents is 1.